The number of piperidine rings is 2. The second-order valence-corrected chi connectivity index (χ2v) is 8.50. The average molecular weight is 376 g/mol. The summed E-state index contributed by atoms with van der Waals surface area (Å²) in [4.78, 5) is 31.2. The van der Waals surface area contributed by atoms with Crippen LogP contribution in [0, 0.1) is 5.41 Å². The number of rotatable bonds is 7. The van der Waals surface area contributed by atoms with Crippen molar-refractivity contribution < 1.29 is 9.59 Å². The topological polar surface area (TPSA) is 72.5 Å². The van der Waals surface area contributed by atoms with Crippen molar-refractivity contribution in [2.24, 2.45) is 5.41 Å². The first-order chi connectivity index (χ1) is 13.0. The minimum Gasteiger partial charge on any atom is -0.342 e. The molecule has 1 aromatic heterocycles. The van der Waals surface area contributed by atoms with Gasteiger partial charge < -0.3 is 14.7 Å². The van der Waals surface area contributed by atoms with Crippen LogP contribution in [-0.2, 0) is 16.0 Å². The van der Waals surface area contributed by atoms with Crippen LogP contribution in [0.3, 0.4) is 0 Å². The van der Waals surface area contributed by atoms with Crippen LogP contribution >= 0.6 is 0 Å². The lowest BCUT2D eigenvalue weighted by Gasteiger charge is -2.48. The van der Waals surface area contributed by atoms with Gasteiger partial charge in [0, 0.05) is 57.2 Å². The van der Waals surface area contributed by atoms with Gasteiger partial charge in [-0.3, -0.25) is 14.7 Å². The Bertz CT molecular complexity index is 630. The minimum absolute atomic E-state index is 0.0959. The number of hydrogen-bond acceptors (Lipinski definition) is 4. The van der Waals surface area contributed by atoms with E-state index < -0.39 is 0 Å². The fourth-order valence-electron chi connectivity index (χ4n) is 4.40. The van der Waals surface area contributed by atoms with Gasteiger partial charge in [0.1, 0.15) is 0 Å². The van der Waals surface area contributed by atoms with E-state index >= 15 is 0 Å². The largest absolute Gasteiger partial charge is 0.342 e. The average Bonchev–Trinajstić information content (AvgIpc) is 3.16. The van der Waals surface area contributed by atoms with Crippen molar-refractivity contribution in [2.75, 3.05) is 46.8 Å². The van der Waals surface area contributed by atoms with Gasteiger partial charge in [-0.2, -0.15) is 5.10 Å². The van der Waals surface area contributed by atoms with Gasteiger partial charge in [-0.05, 0) is 51.8 Å². The van der Waals surface area contributed by atoms with Crippen molar-refractivity contribution in [3.8, 4) is 0 Å². The van der Waals surface area contributed by atoms with Crippen molar-refractivity contribution in [3.05, 3.63) is 18.0 Å². The predicted molar refractivity (Wildman–Crippen MR) is 104 cm³/mol. The molecule has 7 nitrogen and oxygen atoms in total. The quantitative estimate of drug-likeness (QED) is 0.784. The number of likely N-dealkylation sites (N-methyl/N-ethyl adjacent to an activating group) is 1. The molecule has 7 heteroatoms. The molecule has 2 fully saturated rings. The molecule has 0 aliphatic carbocycles. The van der Waals surface area contributed by atoms with Crippen LogP contribution in [0.5, 0.6) is 0 Å². The molecule has 150 valence electrons. The minimum atomic E-state index is 0.0959. The maximum absolute atomic E-state index is 12.7. The SMILES string of the molecule is CN(C)CCN1C[C@]2(CCCN(C(=O)CCCc3cn[nH]c3)C2)CCC1=O. The van der Waals surface area contributed by atoms with E-state index in [9.17, 15) is 9.59 Å². The highest BCUT2D eigenvalue weighted by Gasteiger charge is 2.42. The van der Waals surface area contributed by atoms with E-state index in [-0.39, 0.29) is 17.2 Å². The van der Waals surface area contributed by atoms with E-state index in [1.807, 2.05) is 31.4 Å². The monoisotopic (exact) mass is 375 g/mol. The number of nitrogens with zero attached hydrogens (tertiary/aromatic N) is 4. The highest BCUT2D eigenvalue weighted by molar-refractivity contribution is 5.78. The molecule has 2 aliphatic rings. The Balaban J connectivity index is 1.52. The van der Waals surface area contributed by atoms with Gasteiger partial charge in [0.25, 0.3) is 0 Å². The van der Waals surface area contributed by atoms with Crippen LogP contribution in [0.15, 0.2) is 12.4 Å². The van der Waals surface area contributed by atoms with E-state index in [0.717, 1.165) is 70.4 Å². The molecule has 3 heterocycles. The lowest BCUT2D eigenvalue weighted by Crippen LogP contribution is -2.55. The maximum atomic E-state index is 12.7. The smallest absolute Gasteiger partial charge is 0.222 e. The summed E-state index contributed by atoms with van der Waals surface area (Å²) in [6, 6.07) is 0. The Hall–Kier alpha value is -1.89. The number of H-pyrrole nitrogens is 1. The lowest BCUT2D eigenvalue weighted by atomic mass is 9.73. The number of aryl methyl sites for hydroxylation is 1. The van der Waals surface area contributed by atoms with Crippen LogP contribution in [0.25, 0.3) is 0 Å². The van der Waals surface area contributed by atoms with Crippen molar-refractivity contribution in [2.45, 2.75) is 44.9 Å². The number of nitrogens with one attached hydrogen (secondary N) is 1. The number of carbonyl (C=O) groups excluding carboxylic acids is 2. The maximum Gasteiger partial charge on any atom is 0.222 e. The van der Waals surface area contributed by atoms with Crippen LogP contribution < -0.4 is 0 Å². The molecular weight excluding hydrogens is 342 g/mol. The normalized spacial score (nSPS) is 23.4. The highest BCUT2D eigenvalue weighted by atomic mass is 16.2. The molecule has 1 spiro atoms. The molecule has 0 aromatic carbocycles. The zero-order valence-corrected chi connectivity index (χ0v) is 16.7. The molecule has 1 atom stereocenters. The molecule has 1 N–H and O–H groups in total. The van der Waals surface area contributed by atoms with Crippen molar-refractivity contribution >= 4 is 11.8 Å². The third-order valence-electron chi connectivity index (χ3n) is 5.99. The summed E-state index contributed by atoms with van der Waals surface area (Å²) in [6.07, 6.45) is 9.75. The van der Waals surface area contributed by atoms with Crippen LogP contribution in [0.4, 0.5) is 0 Å². The molecule has 3 rings (SSSR count). The molecular formula is C20H33N5O2. The molecule has 2 aliphatic heterocycles. The molecule has 27 heavy (non-hydrogen) atoms. The summed E-state index contributed by atoms with van der Waals surface area (Å²) in [6.45, 7) is 4.14. The summed E-state index contributed by atoms with van der Waals surface area (Å²) in [7, 11) is 4.07. The first-order valence-electron chi connectivity index (χ1n) is 10.2. The summed E-state index contributed by atoms with van der Waals surface area (Å²) in [5, 5.41) is 6.76. The van der Waals surface area contributed by atoms with Gasteiger partial charge in [-0.25, -0.2) is 0 Å². The first-order valence-corrected chi connectivity index (χ1v) is 10.2. The number of aromatic amines is 1. The van der Waals surface area contributed by atoms with Gasteiger partial charge in [-0.15, -0.1) is 0 Å². The van der Waals surface area contributed by atoms with Gasteiger partial charge in [0.15, 0.2) is 0 Å². The number of carbonyl (C=O) groups is 2. The molecule has 0 bridgehead atoms. The number of aromatic nitrogens is 2. The van der Waals surface area contributed by atoms with E-state index in [1.165, 1.54) is 0 Å². The third kappa shape index (κ3) is 5.31. The zero-order valence-electron chi connectivity index (χ0n) is 16.7. The van der Waals surface area contributed by atoms with Gasteiger partial charge in [0.2, 0.25) is 11.8 Å². The Labute approximate surface area is 162 Å². The molecule has 0 saturated carbocycles. The Morgan fingerprint density at radius 2 is 2.19 bits per heavy atom. The van der Waals surface area contributed by atoms with E-state index in [0.29, 0.717) is 12.8 Å². The summed E-state index contributed by atoms with van der Waals surface area (Å²) >= 11 is 0. The lowest BCUT2D eigenvalue weighted by molar-refractivity contribution is -0.143. The van der Waals surface area contributed by atoms with E-state index in [4.69, 9.17) is 0 Å². The van der Waals surface area contributed by atoms with E-state index in [2.05, 4.69) is 20.0 Å². The second-order valence-electron chi connectivity index (χ2n) is 8.50. The molecule has 1 aromatic rings. The van der Waals surface area contributed by atoms with E-state index in [1.54, 1.807) is 0 Å². The summed E-state index contributed by atoms with van der Waals surface area (Å²) < 4.78 is 0. The number of amides is 2. The second kappa shape index (κ2) is 8.87. The third-order valence-corrected chi connectivity index (χ3v) is 5.99. The predicted octanol–water partition coefficient (Wildman–Crippen LogP) is 1.53. The molecule has 2 saturated heterocycles. The number of hydrogen-bond donors (Lipinski definition) is 1. The van der Waals surface area contributed by atoms with Gasteiger partial charge in [0.05, 0.1) is 6.20 Å². The Morgan fingerprint density at radius 1 is 1.33 bits per heavy atom. The van der Waals surface area contributed by atoms with Gasteiger partial charge >= 0.3 is 0 Å². The van der Waals surface area contributed by atoms with Crippen LogP contribution in [0.2, 0.25) is 0 Å². The fourth-order valence-corrected chi connectivity index (χ4v) is 4.40. The molecule has 0 unspecified atom stereocenters. The molecule has 0 radical (unpaired) electrons. The highest BCUT2D eigenvalue weighted by Crippen LogP contribution is 2.39. The van der Waals surface area contributed by atoms with Crippen LogP contribution in [-0.4, -0.2) is 83.5 Å². The van der Waals surface area contributed by atoms with Crippen LogP contribution in [0.1, 0.15) is 44.1 Å². The summed E-state index contributed by atoms with van der Waals surface area (Å²) in [5.41, 5.74) is 1.25. The zero-order chi connectivity index (χ0) is 19.3. The first kappa shape index (κ1) is 19.9. The molecule has 2 amide bonds. The van der Waals surface area contributed by atoms with Crippen molar-refractivity contribution in [1.29, 1.82) is 0 Å². The number of likely N-dealkylation sites (tertiary alicyclic amines) is 2. The summed E-state index contributed by atoms with van der Waals surface area (Å²) in [5.74, 6) is 0.528. The fraction of sp³-hybridized carbons (Fsp3) is 0.750. The Morgan fingerprint density at radius 3 is 2.93 bits per heavy atom. The Kier molecular flexibility index (Phi) is 6.52. The van der Waals surface area contributed by atoms with Crippen molar-refractivity contribution in [3.63, 3.8) is 0 Å². The standard InChI is InChI=1S/C20H33N5O2/c1-23(2)11-12-25-16-20(9-7-19(25)27)8-4-10-24(15-20)18(26)6-3-5-17-13-21-22-14-17/h13-14H,3-12,15-16H2,1-2H3,(H,21,22)/t20-/m1/s1. The van der Waals surface area contributed by atoms with Crippen molar-refractivity contribution in [1.82, 2.24) is 24.9 Å². The van der Waals surface area contributed by atoms with Gasteiger partial charge in [-0.1, -0.05) is 0 Å².